The number of aromatic nitrogens is 3. The third kappa shape index (κ3) is 4.37. The maximum atomic E-state index is 12.8. The highest BCUT2D eigenvalue weighted by Crippen LogP contribution is 2.32. The van der Waals surface area contributed by atoms with E-state index in [0.29, 0.717) is 19.3 Å². The van der Waals surface area contributed by atoms with Gasteiger partial charge in [0.15, 0.2) is 5.65 Å². The fraction of sp³-hybridized carbons (Fsp3) is 0.667. The molecule has 0 spiro atoms. The molecule has 2 aliphatic heterocycles. The number of likely N-dealkylation sites (tertiary alicyclic amines) is 1. The van der Waals surface area contributed by atoms with Crippen molar-refractivity contribution in [1.29, 1.82) is 0 Å². The van der Waals surface area contributed by atoms with Gasteiger partial charge in [0.05, 0.1) is 11.7 Å². The van der Waals surface area contributed by atoms with Crippen molar-refractivity contribution >= 4 is 17.5 Å². The summed E-state index contributed by atoms with van der Waals surface area (Å²) in [5.74, 6) is 0.407. The number of amides is 2. The molecule has 2 saturated heterocycles. The zero-order valence-corrected chi connectivity index (χ0v) is 19.9. The SMILES string of the molecule is CCC(=O)N1CCCC1c1cc2nc(C)c(CCC(=O)N3CCN(CC)CC3)c(C)n2n1. The summed E-state index contributed by atoms with van der Waals surface area (Å²) in [7, 11) is 0. The second kappa shape index (κ2) is 9.57. The number of carbonyl (C=O) groups excluding carboxylic acids is 2. The van der Waals surface area contributed by atoms with Crippen molar-refractivity contribution in [2.24, 2.45) is 0 Å². The van der Waals surface area contributed by atoms with Crippen LogP contribution in [0.15, 0.2) is 6.07 Å². The molecule has 0 N–H and O–H groups in total. The van der Waals surface area contributed by atoms with E-state index in [1.165, 1.54) is 0 Å². The summed E-state index contributed by atoms with van der Waals surface area (Å²) >= 11 is 0. The summed E-state index contributed by atoms with van der Waals surface area (Å²) in [5, 5.41) is 4.86. The van der Waals surface area contributed by atoms with Crippen LogP contribution in [0.4, 0.5) is 0 Å². The second-order valence-corrected chi connectivity index (χ2v) is 9.01. The van der Waals surface area contributed by atoms with Crippen LogP contribution in [0.5, 0.6) is 0 Å². The predicted molar refractivity (Wildman–Crippen MR) is 123 cm³/mol. The number of nitrogens with zero attached hydrogens (tertiary/aromatic N) is 6. The molecule has 2 fully saturated rings. The Kier molecular flexibility index (Phi) is 6.79. The molecule has 8 nitrogen and oxygen atoms in total. The van der Waals surface area contributed by atoms with Gasteiger partial charge in [0.25, 0.3) is 0 Å². The molecule has 1 atom stereocenters. The molecule has 174 valence electrons. The number of fused-ring (bicyclic) bond motifs is 1. The van der Waals surface area contributed by atoms with Gasteiger partial charge in [-0.1, -0.05) is 13.8 Å². The van der Waals surface area contributed by atoms with Crippen LogP contribution >= 0.6 is 0 Å². The van der Waals surface area contributed by atoms with Crippen LogP contribution in [0.1, 0.15) is 68.2 Å². The summed E-state index contributed by atoms with van der Waals surface area (Å²) in [6.45, 7) is 13.6. The molecule has 2 aliphatic rings. The van der Waals surface area contributed by atoms with Gasteiger partial charge < -0.3 is 14.7 Å². The second-order valence-electron chi connectivity index (χ2n) is 9.01. The van der Waals surface area contributed by atoms with Crippen LogP contribution in [0.2, 0.25) is 0 Å². The van der Waals surface area contributed by atoms with Gasteiger partial charge in [-0.2, -0.15) is 5.10 Å². The highest BCUT2D eigenvalue weighted by atomic mass is 16.2. The number of likely N-dealkylation sites (N-methyl/N-ethyl adjacent to an activating group) is 1. The first-order valence-corrected chi connectivity index (χ1v) is 12.1. The van der Waals surface area contributed by atoms with Gasteiger partial charge >= 0.3 is 0 Å². The van der Waals surface area contributed by atoms with Crippen LogP contribution in [-0.2, 0) is 16.0 Å². The van der Waals surface area contributed by atoms with E-state index >= 15 is 0 Å². The predicted octanol–water partition coefficient (Wildman–Crippen LogP) is 2.52. The normalized spacial score (nSPS) is 19.8. The van der Waals surface area contributed by atoms with Gasteiger partial charge in [-0.3, -0.25) is 9.59 Å². The number of hydrogen-bond acceptors (Lipinski definition) is 5. The molecule has 2 amide bonds. The van der Waals surface area contributed by atoms with E-state index in [1.807, 2.05) is 34.2 Å². The smallest absolute Gasteiger partial charge is 0.222 e. The Morgan fingerprint density at radius 1 is 1.06 bits per heavy atom. The van der Waals surface area contributed by atoms with E-state index in [-0.39, 0.29) is 17.9 Å². The number of aryl methyl sites for hydroxylation is 2. The maximum Gasteiger partial charge on any atom is 0.222 e. The molecule has 1 unspecified atom stereocenters. The largest absolute Gasteiger partial charge is 0.340 e. The Bertz CT molecular complexity index is 992. The standard InChI is InChI=1S/C24H36N6O2/c1-5-23(31)29-11-7-8-21(29)20-16-22-25-17(3)19(18(4)30(22)26-20)9-10-24(32)28-14-12-27(6-2)13-15-28/h16,21H,5-15H2,1-4H3. The average Bonchev–Trinajstić information content (AvgIpc) is 3.45. The van der Waals surface area contributed by atoms with Gasteiger partial charge in [0.1, 0.15) is 0 Å². The van der Waals surface area contributed by atoms with Crippen molar-refractivity contribution in [3.63, 3.8) is 0 Å². The van der Waals surface area contributed by atoms with E-state index in [0.717, 1.165) is 80.4 Å². The van der Waals surface area contributed by atoms with Crippen molar-refractivity contribution in [1.82, 2.24) is 29.3 Å². The average molecular weight is 441 g/mol. The monoisotopic (exact) mass is 440 g/mol. The van der Waals surface area contributed by atoms with Crippen molar-refractivity contribution in [3.05, 3.63) is 28.7 Å². The molecule has 32 heavy (non-hydrogen) atoms. The van der Waals surface area contributed by atoms with Crippen LogP contribution < -0.4 is 0 Å². The van der Waals surface area contributed by atoms with Crippen LogP contribution in [0.3, 0.4) is 0 Å². The number of rotatable bonds is 6. The topological polar surface area (TPSA) is 74.1 Å². The summed E-state index contributed by atoms with van der Waals surface area (Å²) in [6.07, 6.45) is 3.64. The number of piperazine rings is 1. The molecule has 2 aromatic heterocycles. The van der Waals surface area contributed by atoms with E-state index in [2.05, 4.69) is 18.7 Å². The minimum absolute atomic E-state index is 0.0377. The fourth-order valence-corrected chi connectivity index (χ4v) is 5.15. The van der Waals surface area contributed by atoms with Crippen LogP contribution in [-0.4, -0.2) is 80.4 Å². The van der Waals surface area contributed by atoms with Gasteiger partial charge in [0, 0.05) is 63.0 Å². The first kappa shape index (κ1) is 22.7. The molecule has 4 heterocycles. The van der Waals surface area contributed by atoms with Crippen LogP contribution in [0, 0.1) is 13.8 Å². The van der Waals surface area contributed by atoms with E-state index in [4.69, 9.17) is 10.1 Å². The van der Waals surface area contributed by atoms with Gasteiger partial charge in [-0.15, -0.1) is 0 Å². The lowest BCUT2D eigenvalue weighted by Crippen LogP contribution is -2.48. The van der Waals surface area contributed by atoms with Crippen molar-refractivity contribution in [2.75, 3.05) is 39.3 Å². The minimum Gasteiger partial charge on any atom is -0.340 e. The van der Waals surface area contributed by atoms with Gasteiger partial charge in [0.2, 0.25) is 11.8 Å². The Balaban J connectivity index is 1.50. The molecular weight excluding hydrogens is 404 g/mol. The molecule has 4 rings (SSSR count). The van der Waals surface area contributed by atoms with Crippen LogP contribution in [0.25, 0.3) is 5.65 Å². The summed E-state index contributed by atoms with van der Waals surface area (Å²) in [5.41, 5.74) is 4.82. The quantitative estimate of drug-likeness (QED) is 0.690. The Morgan fingerprint density at radius 3 is 2.50 bits per heavy atom. The molecule has 0 radical (unpaired) electrons. The highest BCUT2D eigenvalue weighted by molar-refractivity contribution is 5.77. The Labute approximate surface area is 190 Å². The van der Waals surface area contributed by atoms with Gasteiger partial charge in [-0.05, 0) is 45.2 Å². The summed E-state index contributed by atoms with van der Waals surface area (Å²) < 4.78 is 1.90. The lowest BCUT2D eigenvalue weighted by molar-refractivity contribution is -0.133. The first-order valence-electron chi connectivity index (χ1n) is 12.1. The molecular formula is C24H36N6O2. The molecule has 8 heteroatoms. The first-order chi connectivity index (χ1) is 15.4. The van der Waals surface area contributed by atoms with Crippen molar-refractivity contribution < 1.29 is 9.59 Å². The summed E-state index contributed by atoms with van der Waals surface area (Å²) in [6, 6.07) is 2.06. The Hall–Kier alpha value is -2.48. The molecule has 0 bridgehead atoms. The summed E-state index contributed by atoms with van der Waals surface area (Å²) in [4.78, 5) is 36.3. The van der Waals surface area contributed by atoms with Crippen molar-refractivity contribution in [3.8, 4) is 0 Å². The minimum atomic E-state index is 0.0377. The fourth-order valence-electron chi connectivity index (χ4n) is 5.15. The molecule has 0 saturated carbocycles. The zero-order valence-electron chi connectivity index (χ0n) is 19.9. The molecule has 0 aromatic carbocycles. The maximum absolute atomic E-state index is 12.8. The highest BCUT2D eigenvalue weighted by Gasteiger charge is 2.31. The zero-order chi connectivity index (χ0) is 22.8. The lowest BCUT2D eigenvalue weighted by atomic mass is 10.1. The van der Waals surface area contributed by atoms with E-state index in [9.17, 15) is 9.59 Å². The third-order valence-electron chi connectivity index (χ3n) is 7.16. The number of carbonyl (C=O) groups is 2. The van der Waals surface area contributed by atoms with E-state index in [1.54, 1.807) is 0 Å². The van der Waals surface area contributed by atoms with Gasteiger partial charge in [-0.25, -0.2) is 9.50 Å². The lowest BCUT2D eigenvalue weighted by Gasteiger charge is -2.34. The number of hydrogen-bond donors (Lipinski definition) is 0. The van der Waals surface area contributed by atoms with E-state index < -0.39 is 0 Å². The molecule has 2 aromatic rings. The molecule has 0 aliphatic carbocycles. The third-order valence-corrected chi connectivity index (χ3v) is 7.16. The van der Waals surface area contributed by atoms with Crippen molar-refractivity contribution in [2.45, 2.75) is 65.8 Å². The Morgan fingerprint density at radius 2 is 1.81 bits per heavy atom.